The van der Waals surface area contributed by atoms with Crippen LogP contribution in [0.15, 0.2) is 24.3 Å². The number of halogens is 1. The molecule has 3 heteroatoms. The van der Waals surface area contributed by atoms with Crippen molar-refractivity contribution in [3.05, 3.63) is 35.4 Å². The molecule has 13 heavy (non-hydrogen) atoms. The van der Waals surface area contributed by atoms with Gasteiger partial charge < -0.3 is 5.21 Å². The van der Waals surface area contributed by atoms with Gasteiger partial charge in [-0.2, -0.15) is 0 Å². The van der Waals surface area contributed by atoms with Crippen LogP contribution in [0.3, 0.4) is 0 Å². The second-order valence-electron chi connectivity index (χ2n) is 3.22. The van der Waals surface area contributed by atoms with E-state index in [0.29, 0.717) is 0 Å². The lowest BCUT2D eigenvalue weighted by molar-refractivity contribution is 0.133. The van der Waals surface area contributed by atoms with E-state index in [1.165, 1.54) is 11.1 Å². The van der Waals surface area contributed by atoms with Crippen LogP contribution in [0.2, 0.25) is 0 Å². The van der Waals surface area contributed by atoms with Gasteiger partial charge in [-0.15, -0.1) is 12.4 Å². The number of rotatable bonds is 3. The summed E-state index contributed by atoms with van der Waals surface area (Å²) in [5.74, 6) is 0. The van der Waals surface area contributed by atoms with Crippen LogP contribution >= 0.6 is 12.4 Å². The molecule has 0 saturated carbocycles. The van der Waals surface area contributed by atoms with E-state index in [-0.39, 0.29) is 18.4 Å². The number of aryl methyl sites for hydroxylation is 1. The van der Waals surface area contributed by atoms with Gasteiger partial charge in [0.1, 0.15) is 0 Å². The van der Waals surface area contributed by atoms with Gasteiger partial charge in [-0.1, -0.05) is 29.8 Å². The molecule has 0 aliphatic heterocycles. The van der Waals surface area contributed by atoms with Crippen LogP contribution in [0.1, 0.15) is 18.1 Å². The van der Waals surface area contributed by atoms with E-state index in [0.717, 1.165) is 6.42 Å². The summed E-state index contributed by atoms with van der Waals surface area (Å²) in [6, 6.07) is 8.46. The third-order valence-corrected chi connectivity index (χ3v) is 1.88. The molecule has 0 aliphatic rings. The molecule has 0 aromatic heterocycles. The summed E-state index contributed by atoms with van der Waals surface area (Å²) in [5.41, 5.74) is 4.74. The second kappa shape index (κ2) is 5.97. The van der Waals surface area contributed by atoms with Gasteiger partial charge in [0.15, 0.2) is 0 Å². The lowest BCUT2D eigenvalue weighted by atomic mass is 10.1. The van der Waals surface area contributed by atoms with Gasteiger partial charge in [-0.3, -0.25) is 0 Å². The molecule has 2 N–H and O–H groups in total. The zero-order valence-corrected chi connectivity index (χ0v) is 8.77. The number of hydrogen-bond donors (Lipinski definition) is 2. The molecule has 0 aliphatic carbocycles. The van der Waals surface area contributed by atoms with Gasteiger partial charge in [0.2, 0.25) is 0 Å². The number of hydrogen-bond acceptors (Lipinski definition) is 2. The topological polar surface area (TPSA) is 32.3 Å². The van der Waals surface area contributed by atoms with Crippen molar-refractivity contribution in [1.29, 1.82) is 0 Å². The van der Waals surface area contributed by atoms with Crippen molar-refractivity contribution in [3.63, 3.8) is 0 Å². The number of hydroxylamine groups is 1. The van der Waals surface area contributed by atoms with Crippen molar-refractivity contribution in [2.75, 3.05) is 0 Å². The predicted molar refractivity (Wildman–Crippen MR) is 56.5 cm³/mol. The van der Waals surface area contributed by atoms with Crippen LogP contribution in [-0.2, 0) is 6.42 Å². The molecule has 1 aromatic carbocycles. The summed E-state index contributed by atoms with van der Waals surface area (Å²) in [5, 5.41) is 8.60. The fraction of sp³-hybridized carbons (Fsp3) is 0.400. The Balaban J connectivity index is 0.00000144. The second-order valence-corrected chi connectivity index (χ2v) is 3.22. The molecule has 1 unspecified atom stereocenters. The molecule has 0 amide bonds. The third kappa shape index (κ3) is 4.27. The Kier molecular flexibility index (Phi) is 5.71. The molecule has 0 saturated heterocycles. The van der Waals surface area contributed by atoms with Crippen molar-refractivity contribution in [2.45, 2.75) is 26.3 Å². The number of benzene rings is 1. The molecule has 0 spiro atoms. The minimum Gasteiger partial charge on any atom is -0.317 e. The molecular weight excluding hydrogens is 186 g/mol. The predicted octanol–water partition coefficient (Wildman–Crippen LogP) is 2.33. The highest BCUT2D eigenvalue weighted by Gasteiger charge is 1.99. The van der Waals surface area contributed by atoms with E-state index < -0.39 is 0 Å². The van der Waals surface area contributed by atoms with Gasteiger partial charge in [-0.25, -0.2) is 5.48 Å². The minimum absolute atomic E-state index is 0. The Morgan fingerprint density at radius 1 is 1.31 bits per heavy atom. The molecule has 0 fully saturated rings. The van der Waals surface area contributed by atoms with E-state index in [1.54, 1.807) is 0 Å². The van der Waals surface area contributed by atoms with Crippen molar-refractivity contribution >= 4 is 12.4 Å². The van der Waals surface area contributed by atoms with E-state index >= 15 is 0 Å². The number of nitrogens with one attached hydrogen (secondary N) is 1. The molecule has 0 bridgehead atoms. The highest BCUT2D eigenvalue weighted by Crippen LogP contribution is 2.05. The van der Waals surface area contributed by atoms with Crippen LogP contribution in [-0.4, -0.2) is 11.2 Å². The first-order valence-corrected chi connectivity index (χ1v) is 4.17. The Bertz CT molecular complexity index is 235. The van der Waals surface area contributed by atoms with E-state index in [1.807, 2.05) is 6.92 Å². The SMILES string of the molecule is Cc1ccc(CC(C)NO)cc1.Cl. The van der Waals surface area contributed by atoms with Gasteiger partial charge in [-0.05, 0) is 25.8 Å². The quantitative estimate of drug-likeness (QED) is 0.736. The van der Waals surface area contributed by atoms with Gasteiger partial charge in [0, 0.05) is 6.04 Å². The van der Waals surface area contributed by atoms with Crippen LogP contribution < -0.4 is 5.48 Å². The summed E-state index contributed by atoms with van der Waals surface area (Å²) in [7, 11) is 0. The molecule has 0 radical (unpaired) electrons. The zero-order valence-electron chi connectivity index (χ0n) is 7.95. The summed E-state index contributed by atoms with van der Waals surface area (Å²) < 4.78 is 0. The zero-order chi connectivity index (χ0) is 8.97. The van der Waals surface area contributed by atoms with Crippen molar-refractivity contribution < 1.29 is 5.21 Å². The fourth-order valence-corrected chi connectivity index (χ4v) is 1.12. The van der Waals surface area contributed by atoms with Crippen LogP contribution in [0, 0.1) is 6.92 Å². The largest absolute Gasteiger partial charge is 0.317 e. The standard InChI is InChI=1S/C10H15NO.ClH/c1-8-3-5-10(6-4-8)7-9(2)11-12;/h3-6,9,11-12H,7H2,1-2H3;1H. The van der Waals surface area contributed by atoms with Crippen LogP contribution in [0.4, 0.5) is 0 Å². The first-order valence-electron chi connectivity index (χ1n) is 4.17. The maximum atomic E-state index is 8.60. The monoisotopic (exact) mass is 201 g/mol. The molecule has 1 rings (SSSR count). The molecule has 0 heterocycles. The van der Waals surface area contributed by atoms with Crippen LogP contribution in [0.5, 0.6) is 0 Å². The Labute approximate surface area is 85.3 Å². The average Bonchev–Trinajstić information content (AvgIpc) is 2.09. The summed E-state index contributed by atoms with van der Waals surface area (Å²) in [6.07, 6.45) is 0.858. The lowest BCUT2D eigenvalue weighted by Gasteiger charge is -2.08. The Hall–Kier alpha value is -0.570. The molecule has 1 aromatic rings. The first-order chi connectivity index (χ1) is 5.72. The Morgan fingerprint density at radius 2 is 1.85 bits per heavy atom. The summed E-state index contributed by atoms with van der Waals surface area (Å²) >= 11 is 0. The average molecular weight is 202 g/mol. The molecule has 1 atom stereocenters. The molecular formula is C10H16ClNO. The minimum atomic E-state index is 0. The molecule has 2 nitrogen and oxygen atoms in total. The van der Waals surface area contributed by atoms with Gasteiger partial charge >= 0.3 is 0 Å². The normalized spacial score (nSPS) is 11.9. The van der Waals surface area contributed by atoms with Gasteiger partial charge in [0.25, 0.3) is 0 Å². The van der Waals surface area contributed by atoms with E-state index in [2.05, 4.69) is 36.7 Å². The molecule has 74 valence electrons. The Morgan fingerprint density at radius 3 is 2.31 bits per heavy atom. The lowest BCUT2D eigenvalue weighted by Crippen LogP contribution is -2.24. The van der Waals surface area contributed by atoms with Crippen molar-refractivity contribution in [1.82, 2.24) is 5.48 Å². The smallest absolute Gasteiger partial charge is 0.0331 e. The van der Waals surface area contributed by atoms with E-state index in [4.69, 9.17) is 5.21 Å². The summed E-state index contributed by atoms with van der Waals surface area (Å²) in [4.78, 5) is 0. The fourth-order valence-electron chi connectivity index (χ4n) is 1.12. The van der Waals surface area contributed by atoms with Crippen molar-refractivity contribution in [2.24, 2.45) is 0 Å². The van der Waals surface area contributed by atoms with Crippen molar-refractivity contribution in [3.8, 4) is 0 Å². The maximum Gasteiger partial charge on any atom is 0.0331 e. The third-order valence-electron chi connectivity index (χ3n) is 1.88. The van der Waals surface area contributed by atoms with E-state index in [9.17, 15) is 0 Å². The highest BCUT2D eigenvalue weighted by molar-refractivity contribution is 5.85. The maximum absolute atomic E-state index is 8.60. The van der Waals surface area contributed by atoms with Gasteiger partial charge in [0.05, 0.1) is 0 Å². The first kappa shape index (κ1) is 12.4. The van der Waals surface area contributed by atoms with Crippen LogP contribution in [0.25, 0.3) is 0 Å². The highest BCUT2D eigenvalue weighted by atomic mass is 35.5. The summed E-state index contributed by atoms with van der Waals surface area (Å²) in [6.45, 7) is 4.01.